The van der Waals surface area contributed by atoms with Crippen molar-refractivity contribution < 1.29 is 4.79 Å². The lowest BCUT2D eigenvalue weighted by atomic mass is 10.1. The molecular weight excluding hydrogens is 276 g/mol. The van der Waals surface area contributed by atoms with Gasteiger partial charge in [0, 0.05) is 37.7 Å². The first-order valence-corrected chi connectivity index (χ1v) is 7.71. The van der Waals surface area contributed by atoms with Gasteiger partial charge in [0.25, 0.3) is 5.91 Å². The Bertz CT molecular complexity index is 606. The fourth-order valence-corrected chi connectivity index (χ4v) is 2.67. The number of anilines is 1. The van der Waals surface area contributed by atoms with Crippen LogP contribution in [0.4, 0.5) is 5.69 Å². The molecule has 114 valence electrons. The molecule has 0 unspecified atom stereocenters. The number of hydrogen-bond acceptors (Lipinski definition) is 4. The standard InChI is InChI=1S/C17H20N4O/c22-17(16-13-18-8-9-19-16)20-12-14-4-6-15(7-5-14)21-10-2-1-3-11-21/h4-9,13H,1-3,10-12H2,(H,20,22). The maximum atomic E-state index is 11.9. The molecule has 0 saturated carbocycles. The van der Waals surface area contributed by atoms with Gasteiger partial charge in [0.05, 0.1) is 6.20 Å². The summed E-state index contributed by atoms with van der Waals surface area (Å²) in [6, 6.07) is 8.41. The maximum Gasteiger partial charge on any atom is 0.271 e. The van der Waals surface area contributed by atoms with Gasteiger partial charge < -0.3 is 10.2 Å². The minimum atomic E-state index is -0.201. The number of nitrogens with one attached hydrogen (secondary N) is 1. The Labute approximate surface area is 130 Å². The van der Waals surface area contributed by atoms with Crippen LogP contribution in [-0.4, -0.2) is 29.0 Å². The van der Waals surface area contributed by atoms with E-state index in [-0.39, 0.29) is 5.91 Å². The van der Waals surface area contributed by atoms with Crippen LogP contribution in [-0.2, 0) is 6.54 Å². The molecule has 1 amide bonds. The molecule has 0 bridgehead atoms. The molecule has 0 radical (unpaired) electrons. The van der Waals surface area contributed by atoms with Crippen LogP contribution in [0.2, 0.25) is 0 Å². The number of carbonyl (C=O) groups is 1. The van der Waals surface area contributed by atoms with Gasteiger partial charge in [-0.3, -0.25) is 9.78 Å². The average Bonchev–Trinajstić information content (AvgIpc) is 2.61. The number of rotatable bonds is 4. The first kappa shape index (κ1) is 14.5. The monoisotopic (exact) mass is 296 g/mol. The molecule has 0 atom stereocenters. The molecule has 1 aromatic carbocycles. The molecule has 1 saturated heterocycles. The third-order valence-electron chi connectivity index (χ3n) is 3.91. The van der Waals surface area contributed by atoms with Crippen LogP contribution < -0.4 is 10.2 Å². The van der Waals surface area contributed by atoms with E-state index in [0.717, 1.165) is 18.7 Å². The fraction of sp³-hybridized carbons (Fsp3) is 0.353. The highest BCUT2D eigenvalue weighted by molar-refractivity contribution is 5.91. The number of hydrogen-bond donors (Lipinski definition) is 1. The molecule has 1 fully saturated rings. The molecule has 0 aliphatic carbocycles. The normalized spacial score (nSPS) is 14.6. The number of amides is 1. The molecule has 1 aliphatic rings. The van der Waals surface area contributed by atoms with E-state index in [0.29, 0.717) is 12.2 Å². The largest absolute Gasteiger partial charge is 0.372 e. The van der Waals surface area contributed by atoms with Crippen molar-refractivity contribution in [1.82, 2.24) is 15.3 Å². The van der Waals surface area contributed by atoms with E-state index in [9.17, 15) is 4.79 Å². The Kier molecular flexibility index (Phi) is 4.63. The summed E-state index contributed by atoms with van der Waals surface area (Å²) >= 11 is 0. The zero-order valence-corrected chi connectivity index (χ0v) is 12.5. The lowest BCUT2D eigenvalue weighted by Crippen LogP contribution is -2.29. The van der Waals surface area contributed by atoms with E-state index in [1.165, 1.54) is 37.3 Å². The number of aromatic nitrogens is 2. The molecule has 1 aromatic heterocycles. The number of carbonyl (C=O) groups excluding carboxylic acids is 1. The number of benzene rings is 1. The van der Waals surface area contributed by atoms with Crippen LogP contribution in [0.25, 0.3) is 0 Å². The maximum absolute atomic E-state index is 11.9. The molecule has 5 nitrogen and oxygen atoms in total. The van der Waals surface area contributed by atoms with Crippen molar-refractivity contribution in [3.63, 3.8) is 0 Å². The SMILES string of the molecule is O=C(NCc1ccc(N2CCCCC2)cc1)c1cnccn1. The van der Waals surface area contributed by atoms with Gasteiger partial charge in [-0.1, -0.05) is 12.1 Å². The van der Waals surface area contributed by atoms with Crippen molar-refractivity contribution in [3.8, 4) is 0 Å². The Morgan fingerprint density at radius 1 is 1.09 bits per heavy atom. The van der Waals surface area contributed by atoms with Crippen molar-refractivity contribution in [2.75, 3.05) is 18.0 Å². The molecule has 22 heavy (non-hydrogen) atoms. The summed E-state index contributed by atoms with van der Waals surface area (Å²) in [6.45, 7) is 2.78. The van der Waals surface area contributed by atoms with Crippen molar-refractivity contribution in [1.29, 1.82) is 0 Å². The zero-order valence-electron chi connectivity index (χ0n) is 12.5. The first-order chi connectivity index (χ1) is 10.8. The minimum absolute atomic E-state index is 0.201. The first-order valence-electron chi connectivity index (χ1n) is 7.71. The van der Waals surface area contributed by atoms with E-state index < -0.39 is 0 Å². The summed E-state index contributed by atoms with van der Waals surface area (Å²) in [5.74, 6) is -0.201. The van der Waals surface area contributed by atoms with Crippen LogP contribution in [0.5, 0.6) is 0 Å². The molecule has 2 heterocycles. The predicted octanol–water partition coefficient (Wildman–Crippen LogP) is 2.40. The Morgan fingerprint density at radius 2 is 1.86 bits per heavy atom. The second-order valence-corrected chi connectivity index (χ2v) is 5.49. The summed E-state index contributed by atoms with van der Waals surface area (Å²) in [5.41, 5.74) is 2.69. The molecule has 0 spiro atoms. The van der Waals surface area contributed by atoms with Crippen molar-refractivity contribution in [3.05, 3.63) is 54.1 Å². The third kappa shape index (κ3) is 3.61. The van der Waals surface area contributed by atoms with Crippen LogP contribution in [0.3, 0.4) is 0 Å². The van der Waals surface area contributed by atoms with Crippen LogP contribution in [0, 0.1) is 0 Å². The zero-order chi connectivity index (χ0) is 15.2. The quantitative estimate of drug-likeness (QED) is 0.941. The van der Waals surface area contributed by atoms with E-state index in [2.05, 4.69) is 44.5 Å². The van der Waals surface area contributed by atoms with Crippen LogP contribution >= 0.6 is 0 Å². The van der Waals surface area contributed by atoms with Gasteiger partial charge in [-0.15, -0.1) is 0 Å². The average molecular weight is 296 g/mol. The van der Waals surface area contributed by atoms with Crippen LogP contribution in [0.1, 0.15) is 35.3 Å². The predicted molar refractivity (Wildman–Crippen MR) is 85.7 cm³/mol. The van der Waals surface area contributed by atoms with E-state index in [1.54, 1.807) is 6.20 Å². The molecule has 2 aromatic rings. The lowest BCUT2D eigenvalue weighted by Gasteiger charge is -2.28. The second-order valence-electron chi connectivity index (χ2n) is 5.49. The third-order valence-corrected chi connectivity index (χ3v) is 3.91. The van der Waals surface area contributed by atoms with E-state index in [4.69, 9.17) is 0 Å². The lowest BCUT2D eigenvalue weighted by molar-refractivity contribution is 0.0945. The summed E-state index contributed by atoms with van der Waals surface area (Å²) in [7, 11) is 0. The van der Waals surface area contributed by atoms with Gasteiger partial charge in [0.2, 0.25) is 0 Å². The minimum Gasteiger partial charge on any atom is -0.372 e. The summed E-state index contributed by atoms with van der Waals surface area (Å²) < 4.78 is 0. The second kappa shape index (κ2) is 7.02. The van der Waals surface area contributed by atoms with E-state index >= 15 is 0 Å². The van der Waals surface area contributed by atoms with E-state index in [1.807, 2.05) is 0 Å². The van der Waals surface area contributed by atoms with Gasteiger partial charge in [0.15, 0.2) is 0 Å². The topological polar surface area (TPSA) is 58.1 Å². The van der Waals surface area contributed by atoms with Gasteiger partial charge in [0.1, 0.15) is 5.69 Å². The van der Waals surface area contributed by atoms with Crippen molar-refractivity contribution in [2.24, 2.45) is 0 Å². The van der Waals surface area contributed by atoms with Crippen molar-refractivity contribution >= 4 is 11.6 Å². The summed E-state index contributed by atoms with van der Waals surface area (Å²) in [5, 5.41) is 2.86. The summed E-state index contributed by atoms with van der Waals surface area (Å²) in [4.78, 5) is 22.2. The molecule has 1 N–H and O–H groups in total. The van der Waals surface area contributed by atoms with Gasteiger partial charge in [-0.2, -0.15) is 0 Å². The highest BCUT2D eigenvalue weighted by atomic mass is 16.1. The Hall–Kier alpha value is -2.43. The van der Waals surface area contributed by atoms with Gasteiger partial charge in [-0.25, -0.2) is 4.98 Å². The molecular formula is C17H20N4O. The van der Waals surface area contributed by atoms with Gasteiger partial charge >= 0.3 is 0 Å². The number of piperidine rings is 1. The highest BCUT2D eigenvalue weighted by Crippen LogP contribution is 2.20. The Balaban J connectivity index is 1.56. The highest BCUT2D eigenvalue weighted by Gasteiger charge is 2.11. The molecule has 1 aliphatic heterocycles. The van der Waals surface area contributed by atoms with Crippen molar-refractivity contribution in [2.45, 2.75) is 25.8 Å². The fourth-order valence-electron chi connectivity index (χ4n) is 2.67. The van der Waals surface area contributed by atoms with Crippen LogP contribution in [0.15, 0.2) is 42.9 Å². The number of nitrogens with zero attached hydrogens (tertiary/aromatic N) is 3. The molecule has 5 heteroatoms. The molecule has 3 rings (SSSR count). The van der Waals surface area contributed by atoms with Gasteiger partial charge in [-0.05, 0) is 37.0 Å². The summed E-state index contributed by atoms with van der Waals surface area (Å²) in [6.07, 6.45) is 8.42. The smallest absolute Gasteiger partial charge is 0.271 e. The Morgan fingerprint density at radius 3 is 2.55 bits per heavy atom.